The number of rotatable bonds is 3. The molecule has 1 heterocycles. The summed E-state index contributed by atoms with van der Waals surface area (Å²) in [5.74, 6) is -0.613. The zero-order valence-corrected chi connectivity index (χ0v) is 6.50. The van der Waals surface area contributed by atoms with Crippen molar-refractivity contribution in [2.45, 2.75) is 12.6 Å². The van der Waals surface area contributed by atoms with Crippen LogP contribution in [0.3, 0.4) is 0 Å². The van der Waals surface area contributed by atoms with E-state index in [1.165, 1.54) is 12.3 Å². The van der Waals surface area contributed by atoms with Gasteiger partial charge in [0.25, 0.3) is 0 Å². The minimum Gasteiger partial charge on any atom is -0.330 e. The van der Waals surface area contributed by atoms with Gasteiger partial charge >= 0.3 is 0 Å². The summed E-state index contributed by atoms with van der Waals surface area (Å²) < 4.78 is 25.9. The van der Waals surface area contributed by atoms with Crippen molar-refractivity contribution in [2.75, 3.05) is 6.54 Å². The van der Waals surface area contributed by atoms with Crippen LogP contribution < -0.4 is 5.73 Å². The molecule has 12 heavy (non-hydrogen) atoms. The van der Waals surface area contributed by atoms with E-state index in [0.29, 0.717) is 0 Å². The maximum atomic E-state index is 13.0. The third kappa shape index (κ3) is 1.98. The number of halogens is 2. The average molecular weight is 172 g/mol. The number of nitrogens with zero attached hydrogens (tertiary/aromatic N) is 1. The first-order chi connectivity index (χ1) is 5.75. The van der Waals surface area contributed by atoms with Crippen LogP contribution in [0.5, 0.6) is 0 Å². The number of hydrogen-bond acceptors (Lipinski definition) is 2. The Labute approximate surface area is 69.4 Å². The molecular weight excluding hydrogens is 162 g/mol. The van der Waals surface area contributed by atoms with E-state index < -0.39 is 12.0 Å². The molecule has 66 valence electrons. The molecule has 1 unspecified atom stereocenters. The molecule has 1 aromatic rings. The Morgan fingerprint density at radius 1 is 1.58 bits per heavy atom. The molecule has 0 aromatic carbocycles. The van der Waals surface area contributed by atoms with Gasteiger partial charge in [-0.15, -0.1) is 0 Å². The highest BCUT2D eigenvalue weighted by atomic mass is 19.1. The Kier molecular flexibility index (Phi) is 3.10. The summed E-state index contributed by atoms with van der Waals surface area (Å²) in [6.07, 6.45) is 1.18. The van der Waals surface area contributed by atoms with Crippen molar-refractivity contribution in [3.63, 3.8) is 0 Å². The van der Waals surface area contributed by atoms with Gasteiger partial charge in [0.2, 0.25) is 0 Å². The number of nitrogens with two attached hydrogens (primary N) is 1. The van der Waals surface area contributed by atoms with E-state index >= 15 is 0 Å². The predicted molar refractivity (Wildman–Crippen MR) is 41.7 cm³/mol. The largest absolute Gasteiger partial charge is 0.330 e. The first-order valence-electron chi connectivity index (χ1n) is 3.69. The Morgan fingerprint density at radius 3 is 2.92 bits per heavy atom. The van der Waals surface area contributed by atoms with Gasteiger partial charge in [-0.3, -0.25) is 4.98 Å². The van der Waals surface area contributed by atoms with Crippen LogP contribution in [0, 0.1) is 5.82 Å². The number of aromatic nitrogens is 1. The molecule has 0 bridgehead atoms. The van der Waals surface area contributed by atoms with Crippen LogP contribution in [0.15, 0.2) is 18.5 Å². The molecule has 0 amide bonds. The molecule has 1 atom stereocenters. The fourth-order valence-corrected chi connectivity index (χ4v) is 0.942. The summed E-state index contributed by atoms with van der Waals surface area (Å²) in [4.78, 5) is 3.51. The summed E-state index contributed by atoms with van der Waals surface area (Å²) >= 11 is 0. The van der Waals surface area contributed by atoms with E-state index in [1.807, 2.05) is 0 Å². The molecule has 2 nitrogen and oxygen atoms in total. The molecule has 0 spiro atoms. The fraction of sp³-hybridized carbons (Fsp3) is 0.375. The van der Waals surface area contributed by atoms with Gasteiger partial charge in [-0.1, -0.05) is 0 Å². The third-order valence-electron chi connectivity index (χ3n) is 1.56. The maximum absolute atomic E-state index is 13.0. The second kappa shape index (κ2) is 4.11. The highest BCUT2D eigenvalue weighted by molar-refractivity contribution is 5.15. The lowest BCUT2D eigenvalue weighted by atomic mass is 10.1. The topological polar surface area (TPSA) is 38.9 Å². The van der Waals surface area contributed by atoms with Crippen molar-refractivity contribution < 1.29 is 8.78 Å². The van der Waals surface area contributed by atoms with E-state index in [2.05, 4.69) is 4.98 Å². The Bertz CT molecular complexity index is 253. The van der Waals surface area contributed by atoms with Crippen molar-refractivity contribution in [3.8, 4) is 0 Å². The minimum atomic E-state index is -1.32. The van der Waals surface area contributed by atoms with Gasteiger partial charge in [0.05, 0.1) is 6.20 Å². The van der Waals surface area contributed by atoms with Crippen molar-refractivity contribution in [1.82, 2.24) is 4.98 Å². The van der Waals surface area contributed by atoms with Crippen molar-refractivity contribution in [2.24, 2.45) is 5.73 Å². The number of alkyl halides is 1. The van der Waals surface area contributed by atoms with Gasteiger partial charge in [0, 0.05) is 11.8 Å². The standard InChI is InChI=1S/C8H10F2N2/c9-7(1-3-11)6-2-4-12-5-8(6)10/h2,4-5,7H,1,3,11H2. The quantitative estimate of drug-likeness (QED) is 0.751. The molecule has 1 aromatic heterocycles. The average Bonchev–Trinajstić information content (AvgIpc) is 2.05. The van der Waals surface area contributed by atoms with E-state index in [0.717, 1.165) is 6.20 Å². The Morgan fingerprint density at radius 2 is 2.33 bits per heavy atom. The van der Waals surface area contributed by atoms with Gasteiger partial charge in [-0.05, 0) is 19.0 Å². The number of hydrogen-bond donors (Lipinski definition) is 1. The molecule has 0 saturated carbocycles. The zero-order valence-electron chi connectivity index (χ0n) is 6.50. The summed E-state index contributed by atoms with van der Waals surface area (Å²) in [6.45, 7) is 0.211. The highest BCUT2D eigenvalue weighted by Gasteiger charge is 2.12. The summed E-state index contributed by atoms with van der Waals surface area (Å²) in [5.41, 5.74) is 5.18. The highest BCUT2D eigenvalue weighted by Crippen LogP contribution is 2.21. The van der Waals surface area contributed by atoms with Crippen molar-refractivity contribution in [3.05, 3.63) is 29.8 Å². The van der Waals surface area contributed by atoms with Crippen LogP contribution >= 0.6 is 0 Å². The molecule has 1 rings (SSSR count). The van der Waals surface area contributed by atoms with Gasteiger partial charge in [0.1, 0.15) is 12.0 Å². The molecule has 0 aliphatic carbocycles. The van der Waals surface area contributed by atoms with Gasteiger partial charge in [0.15, 0.2) is 0 Å². The van der Waals surface area contributed by atoms with Crippen LogP contribution in [0.2, 0.25) is 0 Å². The summed E-state index contributed by atoms with van der Waals surface area (Å²) in [7, 11) is 0. The van der Waals surface area contributed by atoms with E-state index in [4.69, 9.17) is 5.73 Å². The van der Waals surface area contributed by atoms with Gasteiger partial charge < -0.3 is 5.73 Å². The third-order valence-corrected chi connectivity index (χ3v) is 1.56. The predicted octanol–water partition coefficient (Wildman–Crippen LogP) is 1.58. The Balaban J connectivity index is 2.79. The molecule has 0 saturated heterocycles. The smallest absolute Gasteiger partial charge is 0.147 e. The maximum Gasteiger partial charge on any atom is 0.147 e. The van der Waals surface area contributed by atoms with Crippen LogP contribution in [0.4, 0.5) is 8.78 Å². The lowest BCUT2D eigenvalue weighted by Crippen LogP contribution is -2.05. The minimum absolute atomic E-state index is 0.0375. The van der Waals surface area contributed by atoms with E-state index in [-0.39, 0.29) is 18.5 Å². The zero-order chi connectivity index (χ0) is 8.97. The van der Waals surface area contributed by atoms with E-state index in [1.54, 1.807) is 0 Å². The summed E-state index contributed by atoms with van der Waals surface area (Å²) in [6, 6.07) is 1.33. The van der Waals surface area contributed by atoms with E-state index in [9.17, 15) is 8.78 Å². The fourth-order valence-electron chi connectivity index (χ4n) is 0.942. The van der Waals surface area contributed by atoms with Crippen molar-refractivity contribution in [1.29, 1.82) is 0 Å². The molecule has 0 aliphatic heterocycles. The lowest BCUT2D eigenvalue weighted by Gasteiger charge is -2.06. The molecule has 0 aliphatic rings. The second-order valence-corrected chi connectivity index (χ2v) is 2.44. The lowest BCUT2D eigenvalue weighted by molar-refractivity contribution is 0.317. The SMILES string of the molecule is NCCC(F)c1ccncc1F. The number of pyridine rings is 1. The van der Waals surface area contributed by atoms with Gasteiger partial charge in [-0.25, -0.2) is 8.78 Å². The molecule has 4 heteroatoms. The molecule has 2 N–H and O–H groups in total. The summed E-state index contributed by atoms with van der Waals surface area (Å²) in [5, 5.41) is 0. The molecule has 0 fully saturated rings. The Hall–Kier alpha value is -1.03. The van der Waals surface area contributed by atoms with Gasteiger partial charge in [-0.2, -0.15) is 0 Å². The first-order valence-corrected chi connectivity index (χ1v) is 3.69. The van der Waals surface area contributed by atoms with Crippen LogP contribution in [0.1, 0.15) is 18.2 Å². The normalized spacial score (nSPS) is 12.9. The second-order valence-electron chi connectivity index (χ2n) is 2.44. The van der Waals surface area contributed by atoms with Crippen molar-refractivity contribution >= 4 is 0 Å². The first kappa shape index (κ1) is 9.06. The molecule has 0 radical (unpaired) electrons. The van der Waals surface area contributed by atoms with Crippen LogP contribution in [-0.2, 0) is 0 Å². The van der Waals surface area contributed by atoms with Crippen LogP contribution in [-0.4, -0.2) is 11.5 Å². The molecular formula is C8H10F2N2. The van der Waals surface area contributed by atoms with Crippen LogP contribution in [0.25, 0.3) is 0 Å². The monoisotopic (exact) mass is 172 g/mol.